The number of phenols is 1. The lowest BCUT2D eigenvalue weighted by molar-refractivity contribution is -0.136. The van der Waals surface area contributed by atoms with Gasteiger partial charge in [-0.05, 0) is 115 Å². The Kier molecular flexibility index (Phi) is 12.1. The average molecular weight is 741 g/mol. The van der Waals surface area contributed by atoms with Crippen LogP contribution in [-0.4, -0.2) is 88.9 Å². The number of benzene rings is 4. The molecule has 0 bridgehead atoms. The Bertz CT molecular complexity index is 2000. The summed E-state index contributed by atoms with van der Waals surface area (Å²) in [7, 11) is 0. The minimum Gasteiger partial charge on any atom is -0.508 e. The number of nitrogens with one attached hydrogen (secondary N) is 1. The third-order valence-electron chi connectivity index (χ3n) is 11.4. The monoisotopic (exact) mass is 740 g/mol. The van der Waals surface area contributed by atoms with Crippen molar-refractivity contribution in [2.75, 3.05) is 39.3 Å². The first kappa shape index (κ1) is 38.0. The zero-order valence-corrected chi connectivity index (χ0v) is 32.0. The highest BCUT2D eigenvalue weighted by molar-refractivity contribution is 6.05. The van der Waals surface area contributed by atoms with Gasteiger partial charge in [0, 0.05) is 50.7 Å². The summed E-state index contributed by atoms with van der Waals surface area (Å²) in [5, 5.41) is 12.3. The molecule has 0 radical (unpaired) electrons. The van der Waals surface area contributed by atoms with E-state index in [4.69, 9.17) is 4.74 Å². The molecule has 3 aliphatic rings. The highest BCUT2D eigenvalue weighted by Crippen LogP contribution is 2.36. The van der Waals surface area contributed by atoms with Crippen molar-refractivity contribution < 1.29 is 24.2 Å². The van der Waals surface area contributed by atoms with E-state index in [-0.39, 0.29) is 29.9 Å². The third kappa shape index (κ3) is 9.01. The van der Waals surface area contributed by atoms with Gasteiger partial charge in [0.05, 0.1) is 0 Å². The van der Waals surface area contributed by atoms with E-state index in [1.54, 1.807) is 17.0 Å². The smallest absolute Gasteiger partial charge is 0.255 e. The second-order valence-electron chi connectivity index (χ2n) is 15.0. The van der Waals surface area contributed by atoms with Crippen LogP contribution < -0.4 is 10.1 Å². The average Bonchev–Trinajstić information content (AvgIpc) is 3.53. The number of hydrogen-bond acceptors (Lipinski definition) is 7. The molecule has 0 aromatic heterocycles. The topological polar surface area (TPSA) is 102 Å². The highest BCUT2D eigenvalue weighted by Gasteiger charge is 2.39. The molecule has 2 unspecified atom stereocenters. The van der Waals surface area contributed by atoms with Gasteiger partial charge < -0.3 is 19.6 Å². The number of ether oxygens (including phenoxy) is 1. The number of hydrogen-bond donors (Lipinski definition) is 2. The van der Waals surface area contributed by atoms with Gasteiger partial charge in [0.1, 0.15) is 24.1 Å². The predicted octanol–water partition coefficient (Wildman–Crippen LogP) is 6.93. The largest absolute Gasteiger partial charge is 0.508 e. The summed E-state index contributed by atoms with van der Waals surface area (Å²) in [6.07, 6.45) is 4.66. The van der Waals surface area contributed by atoms with Gasteiger partial charge in [-0.2, -0.15) is 0 Å². The van der Waals surface area contributed by atoms with Crippen LogP contribution in [0.4, 0.5) is 0 Å². The summed E-state index contributed by atoms with van der Waals surface area (Å²) < 4.78 is 6.32. The SMILES string of the molecule is CC/C(=C(\c1ccc(O)cc1)c1ccc(OCC(C)N2CCN(CCCCc3ccc4c(c3)CN(C3CCC(=O)NC3=O)C4=O)CC2)cc1)c1ccccc1. The van der Waals surface area contributed by atoms with Crippen LogP contribution in [0.5, 0.6) is 11.5 Å². The van der Waals surface area contributed by atoms with Gasteiger partial charge in [0.25, 0.3) is 5.91 Å². The molecule has 0 spiro atoms. The van der Waals surface area contributed by atoms with E-state index in [0.29, 0.717) is 31.2 Å². The lowest BCUT2D eigenvalue weighted by Gasteiger charge is -2.38. The summed E-state index contributed by atoms with van der Waals surface area (Å²) in [6, 6.07) is 32.2. The van der Waals surface area contributed by atoms with Crippen molar-refractivity contribution in [2.24, 2.45) is 0 Å². The van der Waals surface area contributed by atoms with E-state index in [2.05, 4.69) is 83.6 Å². The quantitative estimate of drug-likeness (QED) is 0.0822. The number of carbonyl (C=O) groups excluding carboxylic acids is 3. The number of unbranched alkanes of at least 4 members (excludes halogenated alkanes) is 1. The second kappa shape index (κ2) is 17.5. The van der Waals surface area contributed by atoms with Crippen LogP contribution in [-0.2, 0) is 22.6 Å². The fourth-order valence-corrected chi connectivity index (χ4v) is 8.22. The molecule has 4 aromatic carbocycles. The van der Waals surface area contributed by atoms with Gasteiger partial charge in [-0.25, -0.2) is 0 Å². The summed E-state index contributed by atoms with van der Waals surface area (Å²) in [5.41, 5.74) is 8.66. The third-order valence-corrected chi connectivity index (χ3v) is 11.4. The Morgan fingerprint density at radius 1 is 0.855 bits per heavy atom. The first-order chi connectivity index (χ1) is 26.8. The van der Waals surface area contributed by atoms with Crippen molar-refractivity contribution in [2.45, 2.75) is 71.0 Å². The number of rotatable bonds is 14. The Balaban J connectivity index is 0.854. The minimum atomic E-state index is -0.579. The maximum atomic E-state index is 13.0. The van der Waals surface area contributed by atoms with Crippen LogP contribution in [0.2, 0.25) is 0 Å². The van der Waals surface area contributed by atoms with Crippen molar-refractivity contribution in [3.63, 3.8) is 0 Å². The molecule has 0 aliphatic carbocycles. The van der Waals surface area contributed by atoms with E-state index < -0.39 is 6.04 Å². The summed E-state index contributed by atoms with van der Waals surface area (Å²) in [4.78, 5) is 43.7. The zero-order chi connectivity index (χ0) is 38.3. The van der Waals surface area contributed by atoms with Crippen LogP contribution >= 0.6 is 0 Å². The van der Waals surface area contributed by atoms with E-state index >= 15 is 0 Å². The predicted molar refractivity (Wildman–Crippen MR) is 216 cm³/mol. The number of phenolic OH excluding ortho intramolecular Hbond substituents is 1. The van der Waals surface area contributed by atoms with E-state index in [1.165, 1.54) is 16.7 Å². The number of piperazine rings is 1. The maximum Gasteiger partial charge on any atom is 0.255 e. The number of nitrogens with zero attached hydrogens (tertiary/aromatic N) is 3. The Morgan fingerprint density at radius 2 is 1.56 bits per heavy atom. The molecule has 9 heteroatoms. The molecule has 9 nitrogen and oxygen atoms in total. The molecule has 286 valence electrons. The number of piperidine rings is 1. The van der Waals surface area contributed by atoms with E-state index in [9.17, 15) is 19.5 Å². The van der Waals surface area contributed by atoms with Crippen LogP contribution in [0.25, 0.3) is 11.1 Å². The van der Waals surface area contributed by atoms with Crippen molar-refractivity contribution in [1.82, 2.24) is 20.0 Å². The zero-order valence-electron chi connectivity index (χ0n) is 32.0. The molecular weight excluding hydrogens is 689 g/mol. The number of allylic oxidation sites excluding steroid dienone is 1. The van der Waals surface area contributed by atoms with Crippen molar-refractivity contribution >= 4 is 28.9 Å². The standard InChI is InChI=1S/C46H52N4O5/c1-3-40(34-10-5-4-6-11-34)44(35-13-17-38(51)18-14-35)36-15-19-39(20-16-36)55-31-32(2)49-27-25-48(26-28-49)24-8-7-9-33-12-21-41-37(29-33)30-50(46(41)54)42-22-23-43(52)47-45(42)53/h4-6,10-21,29,32,42,51H,3,7-9,22-28,30-31H2,1-2H3,(H,47,52,53)/b44-40-. The minimum absolute atomic E-state index is 0.121. The van der Waals surface area contributed by atoms with Gasteiger partial charge in [-0.3, -0.25) is 24.6 Å². The molecule has 2 atom stereocenters. The van der Waals surface area contributed by atoms with Crippen LogP contribution in [0, 0.1) is 0 Å². The van der Waals surface area contributed by atoms with Crippen molar-refractivity contribution in [3.05, 3.63) is 130 Å². The van der Waals surface area contributed by atoms with Gasteiger partial charge in [-0.15, -0.1) is 0 Å². The van der Waals surface area contributed by atoms with Gasteiger partial charge in [-0.1, -0.05) is 73.7 Å². The van der Waals surface area contributed by atoms with Crippen molar-refractivity contribution in [3.8, 4) is 11.5 Å². The van der Waals surface area contributed by atoms with Crippen LogP contribution in [0.15, 0.2) is 97.1 Å². The molecular formula is C46H52N4O5. The lowest BCUT2D eigenvalue weighted by atomic mass is 9.88. The molecule has 7 rings (SSSR count). The Hall–Kier alpha value is -5.25. The number of amides is 3. The molecule has 2 N–H and O–H groups in total. The Labute approximate surface area is 324 Å². The molecule has 3 amide bonds. The van der Waals surface area contributed by atoms with E-state index in [0.717, 1.165) is 86.4 Å². The van der Waals surface area contributed by atoms with Gasteiger partial charge >= 0.3 is 0 Å². The Morgan fingerprint density at radius 3 is 2.25 bits per heavy atom. The fourth-order valence-electron chi connectivity index (χ4n) is 8.22. The van der Waals surface area contributed by atoms with Gasteiger partial charge in [0.2, 0.25) is 11.8 Å². The number of aromatic hydroxyl groups is 1. The molecule has 3 heterocycles. The molecule has 4 aromatic rings. The number of aryl methyl sites for hydroxylation is 1. The second-order valence-corrected chi connectivity index (χ2v) is 15.0. The first-order valence-corrected chi connectivity index (χ1v) is 19.8. The van der Waals surface area contributed by atoms with Crippen LogP contribution in [0.3, 0.4) is 0 Å². The molecule has 55 heavy (non-hydrogen) atoms. The van der Waals surface area contributed by atoms with E-state index in [1.807, 2.05) is 30.3 Å². The molecule has 0 saturated carbocycles. The number of imide groups is 1. The molecule has 2 saturated heterocycles. The summed E-state index contributed by atoms with van der Waals surface area (Å²) >= 11 is 0. The fraction of sp³-hybridized carbons (Fsp3) is 0.370. The van der Waals surface area contributed by atoms with Crippen LogP contribution in [0.1, 0.15) is 84.1 Å². The lowest BCUT2D eigenvalue weighted by Crippen LogP contribution is -2.52. The van der Waals surface area contributed by atoms with Gasteiger partial charge in [0.15, 0.2) is 0 Å². The summed E-state index contributed by atoms with van der Waals surface area (Å²) in [6.45, 7) is 10.7. The molecule has 2 fully saturated rings. The maximum absolute atomic E-state index is 13.0. The summed E-state index contributed by atoms with van der Waals surface area (Å²) in [5.74, 6) is 0.354. The number of carbonyl (C=O) groups is 3. The molecule has 3 aliphatic heterocycles. The highest BCUT2D eigenvalue weighted by atomic mass is 16.5. The number of fused-ring (bicyclic) bond motifs is 1. The van der Waals surface area contributed by atoms with Crippen molar-refractivity contribution in [1.29, 1.82) is 0 Å². The first-order valence-electron chi connectivity index (χ1n) is 19.8. The normalized spacial score (nSPS) is 18.8.